The molecule has 38 heavy (non-hydrogen) atoms. The number of aliphatic hydroxyl groups excluding tert-OH is 1. The van der Waals surface area contributed by atoms with Gasteiger partial charge in [-0.3, -0.25) is 14.5 Å². The lowest BCUT2D eigenvalue weighted by Gasteiger charge is -2.24. The molecule has 5 rings (SSSR count). The van der Waals surface area contributed by atoms with E-state index < -0.39 is 17.7 Å². The molecular formula is C31H27NO5S. The van der Waals surface area contributed by atoms with Crippen LogP contribution in [-0.4, -0.2) is 23.9 Å². The fraction of sp³-hybridized carbons (Fsp3) is 0.161. The third kappa shape index (κ3) is 4.68. The Morgan fingerprint density at radius 3 is 2.26 bits per heavy atom. The Labute approximate surface area is 225 Å². The Kier molecular flexibility index (Phi) is 7.03. The first-order chi connectivity index (χ1) is 18.4. The van der Waals surface area contributed by atoms with Gasteiger partial charge in [0.2, 0.25) is 0 Å². The van der Waals surface area contributed by atoms with Crippen molar-refractivity contribution in [3.05, 3.63) is 112 Å². The van der Waals surface area contributed by atoms with Crippen LogP contribution in [0.5, 0.6) is 17.2 Å². The largest absolute Gasteiger partial charge is 0.507 e. The second kappa shape index (κ2) is 10.6. The number of carbonyl (C=O) groups excluding carboxylic acids is 2. The number of benzene rings is 3. The van der Waals surface area contributed by atoms with Crippen LogP contribution in [0.15, 0.2) is 95.9 Å². The number of hydrogen-bond donors (Lipinski definition) is 1. The van der Waals surface area contributed by atoms with E-state index in [9.17, 15) is 14.7 Å². The van der Waals surface area contributed by atoms with Gasteiger partial charge in [-0.15, -0.1) is 11.3 Å². The van der Waals surface area contributed by atoms with Crippen LogP contribution in [-0.2, 0) is 9.59 Å². The van der Waals surface area contributed by atoms with Crippen molar-refractivity contribution in [3.8, 4) is 17.2 Å². The quantitative estimate of drug-likeness (QED) is 0.156. The molecule has 1 saturated heterocycles. The maximum absolute atomic E-state index is 13.4. The molecule has 1 unspecified atom stereocenters. The van der Waals surface area contributed by atoms with Crippen molar-refractivity contribution in [2.24, 2.45) is 0 Å². The maximum Gasteiger partial charge on any atom is 0.300 e. The van der Waals surface area contributed by atoms with E-state index in [0.29, 0.717) is 28.5 Å². The van der Waals surface area contributed by atoms with Gasteiger partial charge in [0.25, 0.3) is 11.7 Å². The average Bonchev–Trinajstić information content (AvgIpc) is 3.56. The van der Waals surface area contributed by atoms with Gasteiger partial charge in [-0.05, 0) is 77.5 Å². The van der Waals surface area contributed by atoms with Gasteiger partial charge < -0.3 is 14.6 Å². The lowest BCUT2D eigenvalue weighted by Crippen LogP contribution is -2.29. The number of carbonyl (C=O) groups is 2. The number of hydrogen-bond acceptors (Lipinski definition) is 6. The molecule has 6 nitrogen and oxygen atoms in total. The number of Topliss-reactive ketones (excluding diaryl/α,β-unsaturated/α-hetero) is 1. The van der Waals surface area contributed by atoms with E-state index in [1.165, 1.54) is 16.2 Å². The summed E-state index contributed by atoms with van der Waals surface area (Å²) >= 11 is 1.42. The molecule has 1 amide bonds. The van der Waals surface area contributed by atoms with Gasteiger partial charge in [-0.2, -0.15) is 0 Å². The minimum Gasteiger partial charge on any atom is -0.507 e. The van der Waals surface area contributed by atoms with Gasteiger partial charge >= 0.3 is 0 Å². The van der Waals surface area contributed by atoms with Gasteiger partial charge in [-0.1, -0.05) is 38.1 Å². The Balaban J connectivity index is 1.57. The number of amides is 1. The monoisotopic (exact) mass is 525 g/mol. The smallest absolute Gasteiger partial charge is 0.300 e. The molecule has 1 N–H and O–H groups in total. The second-order valence-electron chi connectivity index (χ2n) is 9.20. The van der Waals surface area contributed by atoms with Crippen LogP contribution >= 0.6 is 11.3 Å². The number of para-hydroxylation sites is 1. The van der Waals surface area contributed by atoms with Crippen LogP contribution in [0.25, 0.3) is 5.76 Å². The molecule has 0 spiro atoms. The molecule has 0 aliphatic carbocycles. The van der Waals surface area contributed by atoms with Crippen molar-refractivity contribution >= 4 is 34.5 Å². The Bertz CT molecular complexity index is 1490. The topological polar surface area (TPSA) is 76.1 Å². The van der Waals surface area contributed by atoms with E-state index in [2.05, 4.69) is 0 Å². The SMILES string of the molecule is COc1ccc(/C(O)=C2/C(=O)C(=O)N(c3ccc(Oc4ccccc4)cc3)C2c2cccs2)cc1C(C)C. The second-order valence-corrected chi connectivity index (χ2v) is 10.2. The minimum atomic E-state index is -0.763. The number of rotatable bonds is 7. The lowest BCUT2D eigenvalue weighted by molar-refractivity contribution is -0.132. The Hall–Kier alpha value is -4.36. The zero-order chi connectivity index (χ0) is 26.8. The summed E-state index contributed by atoms with van der Waals surface area (Å²) in [6, 6.07) is 24.6. The normalized spacial score (nSPS) is 16.7. The van der Waals surface area contributed by atoms with E-state index in [1.54, 1.807) is 43.5 Å². The van der Waals surface area contributed by atoms with E-state index >= 15 is 0 Å². The van der Waals surface area contributed by atoms with Crippen LogP contribution in [0.3, 0.4) is 0 Å². The predicted molar refractivity (Wildman–Crippen MR) is 149 cm³/mol. The molecule has 0 radical (unpaired) electrons. The maximum atomic E-state index is 13.4. The van der Waals surface area contributed by atoms with Crippen LogP contribution < -0.4 is 14.4 Å². The highest BCUT2D eigenvalue weighted by Crippen LogP contribution is 2.44. The van der Waals surface area contributed by atoms with E-state index in [-0.39, 0.29) is 17.3 Å². The van der Waals surface area contributed by atoms with E-state index in [0.717, 1.165) is 10.4 Å². The summed E-state index contributed by atoms with van der Waals surface area (Å²) in [5, 5.41) is 13.3. The third-order valence-electron chi connectivity index (χ3n) is 6.48. The standard InChI is InChI=1S/C31H27NO5S/c1-19(2)24-18-20(11-16-25(24)36-3)29(33)27-28(26-10-7-17-38-26)32(31(35)30(27)34)21-12-14-23(15-13-21)37-22-8-5-4-6-9-22/h4-19,28,33H,1-3H3/b29-27-. The molecule has 1 fully saturated rings. The molecular weight excluding hydrogens is 498 g/mol. The van der Waals surface area contributed by atoms with Gasteiger partial charge in [0.1, 0.15) is 29.0 Å². The molecule has 1 aliphatic rings. The lowest BCUT2D eigenvalue weighted by atomic mass is 9.95. The molecule has 7 heteroatoms. The number of aliphatic hydroxyl groups is 1. The van der Waals surface area contributed by atoms with Crippen LogP contribution in [0.2, 0.25) is 0 Å². The summed E-state index contributed by atoms with van der Waals surface area (Å²) in [5.74, 6) is 0.488. The number of ether oxygens (including phenoxy) is 2. The summed E-state index contributed by atoms with van der Waals surface area (Å²) in [7, 11) is 1.60. The molecule has 4 aromatic rings. The Morgan fingerprint density at radius 2 is 1.63 bits per heavy atom. The molecule has 0 saturated carbocycles. The molecule has 3 aromatic carbocycles. The van der Waals surface area contributed by atoms with Crippen LogP contribution in [0.4, 0.5) is 5.69 Å². The van der Waals surface area contributed by atoms with Gasteiger partial charge in [0, 0.05) is 16.1 Å². The number of ketones is 1. The van der Waals surface area contributed by atoms with Crippen LogP contribution in [0, 0.1) is 0 Å². The summed E-state index contributed by atoms with van der Waals surface area (Å²) < 4.78 is 11.4. The van der Waals surface area contributed by atoms with E-state index in [4.69, 9.17) is 9.47 Å². The summed E-state index contributed by atoms with van der Waals surface area (Å²) in [4.78, 5) is 29.0. The average molecular weight is 526 g/mol. The third-order valence-corrected chi connectivity index (χ3v) is 7.40. The van der Waals surface area contributed by atoms with Gasteiger partial charge in [-0.25, -0.2) is 0 Å². The molecule has 2 heterocycles. The first-order valence-corrected chi connectivity index (χ1v) is 13.1. The van der Waals surface area contributed by atoms with Crippen molar-refractivity contribution in [2.45, 2.75) is 25.8 Å². The highest BCUT2D eigenvalue weighted by atomic mass is 32.1. The van der Waals surface area contributed by atoms with E-state index in [1.807, 2.05) is 67.8 Å². The van der Waals surface area contributed by atoms with Crippen LogP contribution in [0.1, 0.15) is 41.8 Å². The molecule has 1 aromatic heterocycles. The molecule has 0 bridgehead atoms. The van der Waals surface area contributed by atoms with Crippen molar-refractivity contribution in [2.75, 3.05) is 12.0 Å². The van der Waals surface area contributed by atoms with Gasteiger partial charge in [0.05, 0.1) is 12.7 Å². The molecule has 192 valence electrons. The highest BCUT2D eigenvalue weighted by Gasteiger charge is 2.47. The zero-order valence-electron chi connectivity index (χ0n) is 21.3. The molecule has 1 aliphatic heterocycles. The Morgan fingerprint density at radius 1 is 0.921 bits per heavy atom. The first kappa shape index (κ1) is 25.3. The predicted octanol–water partition coefficient (Wildman–Crippen LogP) is 7.30. The number of anilines is 1. The van der Waals surface area contributed by atoms with Crippen molar-refractivity contribution in [1.29, 1.82) is 0 Å². The number of thiophene rings is 1. The molecule has 1 atom stereocenters. The number of methoxy groups -OCH3 is 1. The van der Waals surface area contributed by atoms with Crippen molar-refractivity contribution in [1.82, 2.24) is 0 Å². The summed E-state index contributed by atoms with van der Waals surface area (Å²) in [6.45, 7) is 4.05. The summed E-state index contributed by atoms with van der Waals surface area (Å²) in [5.41, 5.74) is 1.94. The highest BCUT2D eigenvalue weighted by molar-refractivity contribution is 7.10. The first-order valence-electron chi connectivity index (χ1n) is 12.2. The van der Waals surface area contributed by atoms with Crippen molar-refractivity contribution in [3.63, 3.8) is 0 Å². The van der Waals surface area contributed by atoms with Gasteiger partial charge in [0.15, 0.2) is 0 Å². The zero-order valence-corrected chi connectivity index (χ0v) is 22.1. The minimum absolute atomic E-state index is 0.0573. The fourth-order valence-electron chi connectivity index (χ4n) is 4.60. The summed E-state index contributed by atoms with van der Waals surface area (Å²) in [6.07, 6.45) is 0. The number of nitrogens with zero attached hydrogens (tertiary/aromatic N) is 1. The van der Waals surface area contributed by atoms with Crippen molar-refractivity contribution < 1.29 is 24.2 Å². The fourth-order valence-corrected chi connectivity index (χ4v) is 5.43.